The third-order valence-corrected chi connectivity index (χ3v) is 2.29. The van der Waals surface area contributed by atoms with Gasteiger partial charge in [-0.1, -0.05) is 18.2 Å². The minimum absolute atomic E-state index is 0.0148. The second-order valence-electron chi connectivity index (χ2n) is 3.68. The molecule has 1 rings (SSSR count). The zero-order valence-corrected chi connectivity index (χ0v) is 9.57. The zero-order chi connectivity index (χ0) is 11.3. The Balaban J connectivity index is 2.67. The van der Waals surface area contributed by atoms with Gasteiger partial charge in [0, 0.05) is 18.7 Å². The number of hydrogen-bond acceptors (Lipinski definition) is 3. The molecule has 0 aliphatic heterocycles. The van der Waals surface area contributed by atoms with Crippen molar-refractivity contribution in [3.63, 3.8) is 0 Å². The topological polar surface area (TPSA) is 44.5 Å². The Kier molecular flexibility index (Phi) is 4.59. The predicted molar refractivity (Wildman–Crippen MR) is 61.0 cm³/mol. The largest absolute Gasteiger partial charge is 0.491 e. The van der Waals surface area contributed by atoms with E-state index >= 15 is 0 Å². The van der Waals surface area contributed by atoms with E-state index in [2.05, 4.69) is 0 Å². The van der Waals surface area contributed by atoms with Crippen LogP contribution in [0.4, 0.5) is 0 Å². The molecule has 0 radical (unpaired) electrons. The average Bonchev–Trinajstić information content (AvgIpc) is 2.26. The number of nitrogens with two attached hydrogens (primary N) is 1. The highest BCUT2D eigenvalue weighted by Crippen LogP contribution is 2.23. The summed E-state index contributed by atoms with van der Waals surface area (Å²) < 4.78 is 10.8. The second-order valence-corrected chi connectivity index (χ2v) is 3.68. The van der Waals surface area contributed by atoms with Crippen LogP contribution in [0.2, 0.25) is 0 Å². The highest BCUT2D eigenvalue weighted by atomic mass is 16.5. The normalized spacial score (nSPS) is 14.7. The van der Waals surface area contributed by atoms with Crippen molar-refractivity contribution in [1.82, 2.24) is 0 Å². The standard InChI is InChI=1S/C12H19NO2/c1-9(14-3)8-15-12-7-5-4-6-11(12)10(2)13/h4-7,9-10H,8,13H2,1-3H3/t9?,10-/m0/s1. The molecule has 3 heteroatoms. The van der Waals surface area contributed by atoms with Crippen molar-refractivity contribution in [3.05, 3.63) is 29.8 Å². The first-order chi connectivity index (χ1) is 7.15. The molecule has 0 heterocycles. The molecule has 3 nitrogen and oxygen atoms in total. The summed E-state index contributed by atoms with van der Waals surface area (Å²) >= 11 is 0. The van der Waals surface area contributed by atoms with E-state index in [4.69, 9.17) is 15.2 Å². The quantitative estimate of drug-likeness (QED) is 0.807. The van der Waals surface area contributed by atoms with Gasteiger partial charge in [-0.25, -0.2) is 0 Å². The van der Waals surface area contributed by atoms with Gasteiger partial charge in [-0.3, -0.25) is 0 Å². The summed E-state index contributed by atoms with van der Waals surface area (Å²) in [6.07, 6.45) is 0.0890. The zero-order valence-electron chi connectivity index (χ0n) is 9.57. The van der Waals surface area contributed by atoms with Crippen molar-refractivity contribution in [2.45, 2.75) is 26.0 Å². The van der Waals surface area contributed by atoms with Gasteiger partial charge in [0.2, 0.25) is 0 Å². The molecule has 0 saturated carbocycles. The van der Waals surface area contributed by atoms with Gasteiger partial charge in [-0.15, -0.1) is 0 Å². The summed E-state index contributed by atoms with van der Waals surface area (Å²) in [5.74, 6) is 0.844. The number of para-hydroxylation sites is 1. The van der Waals surface area contributed by atoms with Crippen molar-refractivity contribution in [3.8, 4) is 5.75 Å². The summed E-state index contributed by atoms with van der Waals surface area (Å²) in [7, 11) is 1.67. The lowest BCUT2D eigenvalue weighted by molar-refractivity contribution is 0.0712. The summed E-state index contributed by atoms with van der Waals surface area (Å²) in [5, 5.41) is 0. The molecule has 0 amide bonds. The second kappa shape index (κ2) is 5.73. The van der Waals surface area contributed by atoms with E-state index in [0.29, 0.717) is 6.61 Å². The third-order valence-electron chi connectivity index (χ3n) is 2.29. The van der Waals surface area contributed by atoms with Gasteiger partial charge < -0.3 is 15.2 Å². The van der Waals surface area contributed by atoms with Crippen LogP contribution in [0, 0.1) is 0 Å². The highest BCUT2D eigenvalue weighted by molar-refractivity contribution is 5.35. The number of rotatable bonds is 5. The molecule has 0 aliphatic carbocycles. The molecular formula is C12H19NO2. The van der Waals surface area contributed by atoms with E-state index in [-0.39, 0.29) is 12.1 Å². The van der Waals surface area contributed by atoms with Gasteiger partial charge in [0.15, 0.2) is 0 Å². The molecule has 0 aromatic heterocycles. The average molecular weight is 209 g/mol. The summed E-state index contributed by atoms with van der Waals surface area (Å²) in [6.45, 7) is 4.46. The number of hydrogen-bond donors (Lipinski definition) is 1. The van der Waals surface area contributed by atoms with Gasteiger partial charge in [0.25, 0.3) is 0 Å². The first kappa shape index (κ1) is 12.0. The molecule has 1 aromatic rings. The van der Waals surface area contributed by atoms with Crippen LogP contribution >= 0.6 is 0 Å². The van der Waals surface area contributed by atoms with Crippen molar-refractivity contribution < 1.29 is 9.47 Å². The van der Waals surface area contributed by atoms with Gasteiger partial charge in [0.05, 0.1) is 6.10 Å². The van der Waals surface area contributed by atoms with Crippen molar-refractivity contribution in [2.75, 3.05) is 13.7 Å². The van der Waals surface area contributed by atoms with Crippen LogP contribution in [0.25, 0.3) is 0 Å². The van der Waals surface area contributed by atoms with Crippen molar-refractivity contribution >= 4 is 0 Å². The van der Waals surface area contributed by atoms with Crippen LogP contribution in [-0.4, -0.2) is 19.8 Å². The molecule has 0 saturated heterocycles. The van der Waals surface area contributed by atoms with Crippen LogP contribution in [0.15, 0.2) is 24.3 Å². The first-order valence-electron chi connectivity index (χ1n) is 5.15. The van der Waals surface area contributed by atoms with Crippen molar-refractivity contribution in [1.29, 1.82) is 0 Å². The fourth-order valence-electron chi connectivity index (χ4n) is 1.26. The Morgan fingerprint density at radius 3 is 2.53 bits per heavy atom. The lowest BCUT2D eigenvalue weighted by Gasteiger charge is -2.16. The Morgan fingerprint density at radius 2 is 1.93 bits per heavy atom. The Bertz CT molecular complexity index is 299. The summed E-state index contributed by atoms with van der Waals surface area (Å²) in [4.78, 5) is 0. The molecule has 0 bridgehead atoms. The van der Waals surface area contributed by atoms with E-state index in [0.717, 1.165) is 11.3 Å². The Morgan fingerprint density at radius 1 is 1.27 bits per heavy atom. The maximum atomic E-state index is 5.84. The van der Waals surface area contributed by atoms with E-state index in [9.17, 15) is 0 Å². The maximum Gasteiger partial charge on any atom is 0.124 e. The van der Waals surface area contributed by atoms with Gasteiger partial charge >= 0.3 is 0 Å². The number of benzene rings is 1. The van der Waals surface area contributed by atoms with E-state index in [1.807, 2.05) is 38.1 Å². The molecular weight excluding hydrogens is 190 g/mol. The lowest BCUT2D eigenvalue weighted by Crippen LogP contribution is -2.17. The molecule has 1 aromatic carbocycles. The van der Waals surface area contributed by atoms with Crippen LogP contribution in [0.3, 0.4) is 0 Å². The molecule has 0 spiro atoms. The van der Waals surface area contributed by atoms with Gasteiger partial charge in [0.1, 0.15) is 12.4 Å². The third kappa shape index (κ3) is 3.53. The fraction of sp³-hybridized carbons (Fsp3) is 0.500. The molecule has 1 unspecified atom stereocenters. The number of methoxy groups -OCH3 is 1. The first-order valence-corrected chi connectivity index (χ1v) is 5.15. The minimum Gasteiger partial charge on any atom is -0.491 e. The van der Waals surface area contributed by atoms with Gasteiger partial charge in [-0.2, -0.15) is 0 Å². The molecule has 15 heavy (non-hydrogen) atoms. The molecule has 0 aliphatic rings. The molecule has 0 fully saturated rings. The monoisotopic (exact) mass is 209 g/mol. The molecule has 2 atom stereocenters. The van der Waals surface area contributed by atoms with E-state index < -0.39 is 0 Å². The van der Waals surface area contributed by atoms with Crippen LogP contribution in [-0.2, 0) is 4.74 Å². The van der Waals surface area contributed by atoms with Crippen molar-refractivity contribution in [2.24, 2.45) is 5.73 Å². The maximum absolute atomic E-state index is 5.84. The predicted octanol–water partition coefficient (Wildman–Crippen LogP) is 2.12. The lowest BCUT2D eigenvalue weighted by atomic mass is 10.1. The molecule has 84 valence electrons. The Labute approximate surface area is 91.2 Å². The molecule has 2 N–H and O–H groups in total. The van der Waals surface area contributed by atoms with Crippen LogP contribution in [0.5, 0.6) is 5.75 Å². The SMILES string of the molecule is COC(C)COc1ccccc1[C@H](C)N. The minimum atomic E-state index is -0.0148. The van der Waals surface area contributed by atoms with E-state index in [1.165, 1.54) is 0 Å². The highest BCUT2D eigenvalue weighted by Gasteiger charge is 2.08. The van der Waals surface area contributed by atoms with Gasteiger partial charge in [-0.05, 0) is 19.9 Å². The van der Waals surface area contributed by atoms with Crippen LogP contribution < -0.4 is 10.5 Å². The van der Waals surface area contributed by atoms with Crippen LogP contribution in [0.1, 0.15) is 25.5 Å². The summed E-state index contributed by atoms with van der Waals surface area (Å²) in [5.41, 5.74) is 6.87. The Hall–Kier alpha value is -1.06. The smallest absolute Gasteiger partial charge is 0.124 e. The fourth-order valence-corrected chi connectivity index (χ4v) is 1.26. The summed E-state index contributed by atoms with van der Waals surface area (Å²) in [6, 6.07) is 7.81. The van der Waals surface area contributed by atoms with E-state index in [1.54, 1.807) is 7.11 Å². The number of ether oxygens (including phenoxy) is 2.